The summed E-state index contributed by atoms with van der Waals surface area (Å²) in [7, 11) is 0. The Labute approximate surface area is 121 Å². The van der Waals surface area contributed by atoms with Crippen molar-refractivity contribution in [3.05, 3.63) is 72.1 Å². The highest BCUT2D eigenvalue weighted by atomic mass is 16.1. The van der Waals surface area contributed by atoms with E-state index < -0.39 is 0 Å². The molecule has 1 amide bonds. The number of carbonyl (C=O) groups excluding carboxylic acids is 1. The Morgan fingerprint density at radius 3 is 2.57 bits per heavy atom. The number of anilines is 1. The Morgan fingerprint density at radius 2 is 1.86 bits per heavy atom. The minimum atomic E-state index is -0.297. The molecule has 1 aromatic heterocycles. The first kappa shape index (κ1) is 12.8. The fourth-order valence-corrected chi connectivity index (χ4v) is 2.06. The van der Waals surface area contributed by atoms with E-state index in [0.29, 0.717) is 11.3 Å². The molecule has 4 nitrogen and oxygen atoms in total. The average Bonchev–Trinajstić information content (AvgIpc) is 2.55. The van der Waals surface area contributed by atoms with Gasteiger partial charge in [-0.2, -0.15) is 5.26 Å². The molecule has 0 aliphatic rings. The van der Waals surface area contributed by atoms with E-state index in [4.69, 9.17) is 5.26 Å². The Hall–Kier alpha value is -3.19. The number of hydrogen-bond acceptors (Lipinski definition) is 3. The van der Waals surface area contributed by atoms with Crippen LogP contribution in [0.4, 0.5) is 5.69 Å². The monoisotopic (exact) mass is 273 g/mol. The summed E-state index contributed by atoms with van der Waals surface area (Å²) < 4.78 is 0. The van der Waals surface area contributed by atoms with Crippen molar-refractivity contribution in [1.82, 2.24) is 4.98 Å². The van der Waals surface area contributed by atoms with Gasteiger partial charge in [-0.1, -0.05) is 30.3 Å². The molecule has 4 heteroatoms. The molecule has 0 atom stereocenters. The summed E-state index contributed by atoms with van der Waals surface area (Å²) in [6.45, 7) is 0. The highest BCUT2D eigenvalue weighted by Gasteiger charge is 2.07. The number of pyridine rings is 1. The zero-order valence-electron chi connectivity index (χ0n) is 11.1. The van der Waals surface area contributed by atoms with E-state index in [2.05, 4.69) is 10.3 Å². The molecule has 0 unspecified atom stereocenters. The molecule has 21 heavy (non-hydrogen) atoms. The molecule has 0 saturated carbocycles. The number of amides is 1. The van der Waals surface area contributed by atoms with Crippen molar-refractivity contribution in [3.8, 4) is 6.07 Å². The summed E-state index contributed by atoms with van der Waals surface area (Å²) in [6.07, 6.45) is 1.38. The number of hydrogen-bond donors (Lipinski definition) is 1. The van der Waals surface area contributed by atoms with Crippen molar-refractivity contribution in [2.24, 2.45) is 0 Å². The zero-order valence-corrected chi connectivity index (χ0v) is 11.1. The number of fused-ring (bicyclic) bond motifs is 1. The van der Waals surface area contributed by atoms with Gasteiger partial charge in [-0.25, -0.2) is 4.98 Å². The van der Waals surface area contributed by atoms with E-state index in [0.717, 1.165) is 10.8 Å². The lowest BCUT2D eigenvalue weighted by atomic mass is 10.1. The second kappa shape index (κ2) is 5.43. The lowest BCUT2D eigenvalue weighted by molar-refractivity contribution is 0.102. The molecule has 1 N–H and O–H groups in total. The number of benzene rings is 2. The molecule has 0 fully saturated rings. The molecule has 1 heterocycles. The lowest BCUT2D eigenvalue weighted by Gasteiger charge is -2.06. The third kappa shape index (κ3) is 2.72. The maximum atomic E-state index is 12.1. The van der Waals surface area contributed by atoms with Gasteiger partial charge in [0.15, 0.2) is 0 Å². The number of nitrogens with one attached hydrogen (secondary N) is 1. The first-order valence-corrected chi connectivity index (χ1v) is 6.42. The van der Waals surface area contributed by atoms with Crippen LogP contribution in [0.5, 0.6) is 0 Å². The van der Waals surface area contributed by atoms with Gasteiger partial charge in [0, 0.05) is 11.9 Å². The van der Waals surface area contributed by atoms with Crippen LogP contribution in [-0.2, 0) is 0 Å². The van der Waals surface area contributed by atoms with Gasteiger partial charge in [-0.15, -0.1) is 0 Å². The number of aromatic nitrogens is 1. The van der Waals surface area contributed by atoms with Gasteiger partial charge in [-0.05, 0) is 35.0 Å². The van der Waals surface area contributed by atoms with E-state index >= 15 is 0 Å². The quantitative estimate of drug-likeness (QED) is 0.778. The maximum Gasteiger partial charge on any atom is 0.274 e. The molecule has 3 rings (SSSR count). The molecule has 0 spiro atoms. The topological polar surface area (TPSA) is 65.8 Å². The van der Waals surface area contributed by atoms with Crippen molar-refractivity contribution >= 4 is 22.4 Å². The van der Waals surface area contributed by atoms with E-state index in [9.17, 15) is 4.79 Å². The summed E-state index contributed by atoms with van der Waals surface area (Å²) >= 11 is 0. The first-order valence-electron chi connectivity index (χ1n) is 6.42. The number of rotatable bonds is 2. The van der Waals surface area contributed by atoms with Crippen molar-refractivity contribution < 1.29 is 4.79 Å². The predicted molar refractivity (Wildman–Crippen MR) is 80.9 cm³/mol. The second-order valence-electron chi connectivity index (χ2n) is 4.56. The van der Waals surface area contributed by atoms with Gasteiger partial charge in [0.2, 0.25) is 0 Å². The number of nitriles is 1. The van der Waals surface area contributed by atoms with Crippen LogP contribution >= 0.6 is 0 Å². The molecule has 0 saturated heterocycles. The standard InChI is InChI=1S/C17H11N3O/c18-10-12-5-8-16(19-11-12)17(21)20-15-7-6-13-3-1-2-4-14(13)9-15/h1-9,11H,(H,20,21). The smallest absolute Gasteiger partial charge is 0.274 e. The Kier molecular flexibility index (Phi) is 3.32. The average molecular weight is 273 g/mol. The van der Waals surface area contributed by atoms with Crippen LogP contribution in [-0.4, -0.2) is 10.9 Å². The van der Waals surface area contributed by atoms with E-state index in [1.165, 1.54) is 12.3 Å². The second-order valence-corrected chi connectivity index (χ2v) is 4.56. The minimum absolute atomic E-state index is 0.280. The van der Waals surface area contributed by atoms with Crippen LogP contribution in [0.25, 0.3) is 10.8 Å². The highest BCUT2D eigenvalue weighted by molar-refractivity contribution is 6.03. The highest BCUT2D eigenvalue weighted by Crippen LogP contribution is 2.19. The van der Waals surface area contributed by atoms with Crippen molar-refractivity contribution in [3.63, 3.8) is 0 Å². The van der Waals surface area contributed by atoms with Crippen molar-refractivity contribution in [2.75, 3.05) is 5.32 Å². The summed E-state index contributed by atoms with van der Waals surface area (Å²) in [6, 6.07) is 18.7. The number of nitrogens with zero attached hydrogens (tertiary/aromatic N) is 2. The van der Waals surface area contributed by atoms with Gasteiger partial charge in [0.05, 0.1) is 5.56 Å². The van der Waals surface area contributed by atoms with Gasteiger partial charge in [0.25, 0.3) is 5.91 Å². The Balaban J connectivity index is 1.83. The zero-order chi connectivity index (χ0) is 14.7. The molecule has 0 radical (unpaired) electrons. The van der Waals surface area contributed by atoms with Crippen molar-refractivity contribution in [2.45, 2.75) is 0 Å². The van der Waals surface area contributed by atoms with Gasteiger partial charge in [0.1, 0.15) is 11.8 Å². The summed E-state index contributed by atoms with van der Waals surface area (Å²) in [5, 5.41) is 13.7. The van der Waals surface area contributed by atoms with E-state index in [1.807, 2.05) is 48.5 Å². The van der Waals surface area contributed by atoms with Crippen LogP contribution in [0.3, 0.4) is 0 Å². The molecule has 0 bridgehead atoms. The summed E-state index contributed by atoms with van der Waals surface area (Å²) in [5.41, 5.74) is 1.42. The van der Waals surface area contributed by atoms with Gasteiger partial charge >= 0.3 is 0 Å². The third-order valence-electron chi connectivity index (χ3n) is 3.13. The molecular weight excluding hydrogens is 262 g/mol. The minimum Gasteiger partial charge on any atom is -0.321 e. The summed E-state index contributed by atoms with van der Waals surface area (Å²) in [4.78, 5) is 16.1. The van der Waals surface area contributed by atoms with E-state index in [-0.39, 0.29) is 11.6 Å². The lowest BCUT2D eigenvalue weighted by Crippen LogP contribution is -2.13. The van der Waals surface area contributed by atoms with Crippen molar-refractivity contribution in [1.29, 1.82) is 5.26 Å². The largest absolute Gasteiger partial charge is 0.321 e. The molecule has 3 aromatic rings. The van der Waals surface area contributed by atoms with Gasteiger partial charge in [-0.3, -0.25) is 4.79 Å². The Morgan fingerprint density at radius 1 is 1.05 bits per heavy atom. The fourth-order valence-electron chi connectivity index (χ4n) is 2.06. The van der Waals surface area contributed by atoms with Crippen LogP contribution in [0.15, 0.2) is 60.8 Å². The third-order valence-corrected chi connectivity index (χ3v) is 3.13. The number of carbonyl (C=O) groups is 1. The van der Waals surface area contributed by atoms with E-state index in [1.54, 1.807) is 6.07 Å². The Bertz CT molecular complexity index is 848. The fraction of sp³-hybridized carbons (Fsp3) is 0. The van der Waals surface area contributed by atoms with Crippen LogP contribution in [0.1, 0.15) is 16.1 Å². The summed E-state index contributed by atoms with van der Waals surface area (Å²) in [5.74, 6) is -0.297. The maximum absolute atomic E-state index is 12.1. The predicted octanol–water partition coefficient (Wildman–Crippen LogP) is 3.36. The van der Waals surface area contributed by atoms with Crippen LogP contribution in [0.2, 0.25) is 0 Å². The first-order chi connectivity index (χ1) is 10.3. The molecule has 2 aromatic carbocycles. The molecule has 0 aliphatic heterocycles. The normalized spacial score (nSPS) is 10.0. The van der Waals surface area contributed by atoms with Crippen LogP contribution in [0, 0.1) is 11.3 Å². The SMILES string of the molecule is N#Cc1ccc(C(=O)Nc2ccc3ccccc3c2)nc1. The van der Waals surface area contributed by atoms with Gasteiger partial charge < -0.3 is 5.32 Å². The molecule has 100 valence electrons. The molecular formula is C17H11N3O. The molecule has 0 aliphatic carbocycles. The van der Waals surface area contributed by atoms with Crippen LogP contribution < -0.4 is 5.32 Å².